The Labute approximate surface area is 192 Å². The molecule has 8 heteroatoms. The zero-order valence-electron chi connectivity index (χ0n) is 18.8. The molecule has 0 N–H and O–H groups in total. The van der Waals surface area contributed by atoms with E-state index in [0.29, 0.717) is 37.1 Å². The minimum Gasteiger partial charge on any atom is -0.372 e. The molecule has 0 saturated carbocycles. The minimum atomic E-state index is -0.351. The molecule has 3 aliphatic rings. The van der Waals surface area contributed by atoms with Gasteiger partial charge in [0, 0.05) is 11.8 Å². The van der Waals surface area contributed by atoms with Gasteiger partial charge < -0.3 is 14.2 Å². The van der Waals surface area contributed by atoms with E-state index < -0.39 is 0 Å². The minimum absolute atomic E-state index is 0.129. The molecule has 1 saturated heterocycles. The monoisotopic (exact) mass is 447 g/mol. The topological polar surface area (TPSA) is 76.1 Å². The Morgan fingerprint density at radius 1 is 1.27 bits per heavy atom. The number of aromatic nitrogens is 2. The maximum atomic E-state index is 13.3. The molecule has 0 radical (unpaired) electrons. The Balaban J connectivity index is 1.34. The van der Waals surface area contributed by atoms with Gasteiger partial charge in [-0.25, -0.2) is 14.4 Å². The summed E-state index contributed by atoms with van der Waals surface area (Å²) in [5, 5.41) is 4.32. The molecule has 0 spiro atoms. The van der Waals surface area contributed by atoms with E-state index in [1.54, 1.807) is 18.5 Å². The van der Waals surface area contributed by atoms with Crippen molar-refractivity contribution in [3.8, 4) is 0 Å². The summed E-state index contributed by atoms with van der Waals surface area (Å²) in [6.07, 6.45) is 5.85. The summed E-state index contributed by atoms with van der Waals surface area (Å²) in [5.41, 5.74) is 5.52. The van der Waals surface area contributed by atoms with Crippen molar-refractivity contribution in [2.24, 2.45) is 15.9 Å². The molecule has 5 rings (SSSR count). The van der Waals surface area contributed by atoms with Gasteiger partial charge in [-0.2, -0.15) is 4.98 Å². The molecule has 0 bridgehead atoms. The Bertz CT molecular complexity index is 1190. The number of rotatable bonds is 5. The van der Waals surface area contributed by atoms with Crippen LogP contribution in [0.2, 0.25) is 0 Å². The molecule has 0 aliphatic carbocycles. The van der Waals surface area contributed by atoms with Gasteiger partial charge in [-0.3, -0.25) is 0 Å². The lowest BCUT2D eigenvalue weighted by Crippen LogP contribution is -2.29. The number of allylic oxidation sites excluding steroid dienone is 1. The second kappa shape index (κ2) is 8.54. The van der Waals surface area contributed by atoms with Gasteiger partial charge in [-0.1, -0.05) is 37.7 Å². The number of benzene rings is 1. The lowest BCUT2D eigenvalue weighted by Gasteiger charge is -2.30. The first-order valence-electron chi connectivity index (χ1n) is 11.2. The standard InChI is InChI=1S/C25H26FN5O2/c1-4-19-22-16(3)10-11-27-23(22)28-15-31(19)13-21-29-24(30-33-21)25(5-2)12-20(32-14-25)17-6-8-18(26)9-7-17/h6-9,11,15-16,20H,1,5,10,12-14H2,2-3H3/t16?,20-,25+/m1/s1. The highest BCUT2D eigenvalue weighted by atomic mass is 19.1. The average molecular weight is 448 g/mol. The van der Waals surface area contributed by atoms with Crippen LogP contribution in [-0.4, -0.2) is 34.2 Å². The van der Waals surface area contributed by atoms with Crippen molar-refractivity contribution in [3.63, 3.8) is 0 Å². The Morgan fingerprint density at radius 2 is 2.09 bits per heavy atom. The molecule has 4 heterocycles. The fourth-order valence-electron chi connectivity index (χ4n) is 4.67. The molecule has 170 valence electrons. The Kier molecular flexibility index (Phi) is 5.56. The number of nitrogens with zero attached hydrogens (tertiary/aromatic N) is 5. The van der Waals surface area contributed by atoms with Gasteiger partial charge in [0.05, 0.1) is 30.2 Å². The molecule has 1 unspecified atom stereocenters. The van der Waals surface area contributed by atoms with E-state index in [1.165, 1.54) is 12.1 Å². The van der Waals surface area contributed by atoms with Gasteiger partial charge in [0.2, 0.25) is 5.89 Å². The van der Waals surface area contributed by atoms with Crippen molar-refractivity contribution in [2.45, 2.75) is 51.2 Å². The van der Waals surface area contributed by atoms with Crippen LogP contribution in [0.1, 0.15) is 56.5 Å². The van der Waals surface area contributed by atoms with E-state index in [2.05, 4.69) is 41.3 Å². The van der Waals surface area contributed by atoms with Gasteiger partial charge in [0.1, 0.15) is 12.4 Å². The fraction of sp³-hybridized carbons (Fsp3) is 0.400. The van der Waals surface area contributed by atoms with Crippen molar-refractivity contribution in [1.82, 2.24) is 15.0 Å². The first-order chi connectivity index (χ1) is 16.0. The Morgan fingerprint density at radius 3 is 2.85 bits per heavy atom. The number of ether oxygens (including phenoxy) is 1. The van der Waals surface area contributed by atoms with Crippen LogP contribution >= 0.6 is 0 Å². The highest BCUT2D eigenvalue weighted by Crippen LogP contribution is 2.44. The normalized spacial score (nSPS) is 26.6. The van der Waals surface area contributed by atoms with E-state index in [-0.39, 0.29) is 23.3 Å². The molecule has 7 nitrogen and oxygen atoms in total. The summed E-state index contributed by atoms with van der Waals surface area (Å²) >= 11 is 0. The summed E-state index contributed by atoms with van der Waals surface area (Å²) in [4.78, 5) is 15.6. The second-order valence-electron chi connectivity index (χ2n) is 8.78. The summed E-state index contributed by atoms with van der Waals surface area (Å²) in [6.45, 7) is 8.97. The fourth-order valence-corrected chi connectivity index (χ4v) is 4.67. The summed E-state index contributed by atoms with van der Waals surface area (Å²) in [7, 11) is 0. The zero-order valence-corrected chi connectivity index (χ0v) is 18.8. The highest BCUT2D eigenvalue weighted by Gasteiger charge is 2.44. The van der Waals surface area contributed by atoms with Gasteiger partial charge in [0.25, 0.3) is 0 Å². The summed E-state index contributed by atoms with van der Waals surface area (Å²) in [6, 6.07) is 6.46. The molecular formula is C25H26FN5O2. The van der Waals surface area contributed by atoms with E-state index in [0.717, 1.165) is 29.7 Å². The smallest absolute Gasteiger partial charge is 0.246 e. The van der Waals surface area contributed by atoms with E-state index in [9.17, 15) is 4.39 Å². The molecule has 1 aromatic carbocycles. The molecule has 2 aromatic rings. The summed E-state index contributed by atoms with van der Waals surface area (Å²) < 4.78 is 25.0. The largest absolute Gasteiger partial charge is 0.372 e. The van der Waals surface area contributed by atoms with E-state index in [1.807, 2.05) is 11.1 Å². The van der Waals surface area contributed by atoms with Crippen molar-refractivity contribution in [2.75, 3.05) is 6.61 Å². The summed E-state index contributed by atoms with van der Waals surface area (Å²) in [5.74, 6) is 1.86. The van der Waals surface area contributed by atoms with Gasteiger partial charge >= 0.3 is 0 Å². The lowest BCUT2D eigenvalue weighted by atomic mass is 9.81. The predicted molar refractivity (Wildman–Crippen MR) is 122 cm³/mol. The predicted octanol–water partition coefficient (Wildman–Crippen LogP) is 4.85. The van der Waals surface area contributed by atoms with Crippen molar-refractivity contribution in [3.05, 3.63) is 76.8 Å². The molecule has 3 aliphatic heterocycles. The van der Waals surface area contributed by atoms with Gasteiger partial charge in [-0.15, -0.1) is 5.73 Å². The SMILES string of the molecule is C=C=C1C2=C(N=CCC2C)N=CN1Cc1nc([C@]2(CC)CO[C@@H](c3ccc(F)cc3)C2)no1. The third kappa shape index (κ3) is 3.86. The van der Waals surface area contributed by atoms with Gasteiger partial charge in [-0.05, 0) is 42.9 Å². The maximum absolute atomic E-state index is 13.3. The third-order valence-electron chi connectivity index (χ3n) is 6.74. The molecular weight excluding hydrogens is 421 g/mol. The number of halogens is 1. The molecule has 33 heavy (non-hydrogen) atoms. The van der Waals surface area contributed by atoms with E-state index >= 15 is 0 Å². The van der Waals surface area contributed by atoms with Crippen molar-refractivity contribution in [1.29, 1.82) is 0 Å². The van der Waals surface area contributed by atoms with Crippen LogP contribution < -0.4 is 0 Å². The second-order valence-corrected chi connectivity index (χ2v) is 8.78. The van der Waals surface area contributed by atoms with Crippen molar-refractivity contribution < 1.29 is 13.7 Å². The lowest BCUT2D eigenvalue weighted by molar-refractivity contribution is 0.103. The first kappa shape index (κ1) is 21.5. The third-order valence-corrected chi connectivity index (χ3v) is 6.74. The van der Waals surface area contributed by atoms with E-state index in [4.69, 9.17) is 14.2 Å². The number of hydrogen-bond acceptors (Lipinski definition) is 7. The van der Waals surface area contributed by atoms with Gasteiger partial charge in [0.15, 0.2) is 11.6 Å². The van der Waals surface area contributed by atoms with Crippen LogP contribution in [0.25, 0.3) is 0 Å². The quantitative estimate of drug-likeness (QED) is 0.612. The molecule has 1 fully saturated rings. The first-order valence-corrected chi connectivity index (χ1v) is 11.2. The highest BCUT2D eigenvalue weighted by molar-refractivity contribution is 5.71. The maximum Gasteiger partial charge on any atom is 0.246 e. The van der Waals surface area contributed by atoms with Crippen LogP contribution in [-0.2, 0) is 16.7 Å². The van der Waals surface area contributed by atoms with Crippen LogP contribution in [0.15, 0.2) is 68.2 Å². The Hall–Kier alpha value is -3.35. The van der Waals surface area contributed by atoms with Crippen LogP contribution in [0.4, 0.5) is 4.39 Å². The molecule has 0 amide bonds. The number of hydrogen-bond donors (Lipinski definition) is 0. The van der Waals surface area contributed by atoms with Crippen LogP contribution in [0.5, 0.6) is 0 Å². The molecule has 3 atom stereocenters. The zero-order chi connectivity index (χ0) is 23.0. The average Bonchev–Trinajstić information content (AvgIpc) is 3.48. The number of aliphatic imine (C=N–C) groups is 2. The van der Waals surface area contributed by atoms with Crippen molar-refractivity contribution >= 4 is 12.6 Å². The van der Waals surface area contributed by atoms with Crippen LogP contribution in [0.3, 0.4) is 0 Å². The van der Waals surface area contributed by atoms with Crippen LogP contribution in [0, 0.1) is 11.7 Å². The molecule has 1 aromatic heterocycles.